The number of H-pyrrole nitrogens is 1. The number of hydrogen-bond acceptors (Lipinski definition) is 4. The van der Waals surface area contributed by atoms with Crippen molar-refractivity contribution in [3.8, 4) is 17.2 Å². The van der Waals surface area contributed by atoms with E-state index in [9.17, 15) is 13.2 Å². The van der Waals surface area contributed by atoms with Gasteiger partial charge in [-0.1, -0.05) is 12.1 Å². The number of nitrogens with zero attached hydrogens (tertiary/aromatic N) is 1. The first-order valence-electron chi connectivity index (χ1n) is 5.55. The number of nitriles is 1. The highest BCUT2D eigenvalue weighted by molar-refractivity contribution is 7.85. The van der Waals surface area contributed by atoms with Crippen molar-refractivity contribution in [3.63, 3.8) is 0 Å². The largest absolute Gasteiger partial charge is 0.325 e. The van der Waals surface area contributed by atoms with Crippen LogP contribution >= 0.6 is 0 Å². The molecule has 1 heterocycles. The van der Waals surface area contributed by atoms with Gasteiger partial charge in [-0.2, -0.15) is 13.7 Å². The van der Waals surface area contributed by atoms with E-state index >= 15 is 0 Å². The van der Waals surface area contributed by atoms with Crippen LogP contribution in [0.4, 0.5) is 0 Å². The smallest absolute Gasteiger partial charge is 0.294 e. The molecular formula is C13H10N2O4S. The quantitative estimate of drug-likeness (QED) is 0.813. The molecule has 0 saturated carbocycles. The number of aromatic amines is 1. The Kier molecular flexibility index (Phi) is 3.44. The van der Waals surface area contributed by atoms with E-state index in [4.69, 9.17) is 9.81 Å². The first-order chi connectivity index (χ1) is 9.32. The van der Waals surface area contributed by atoms with Gasteiger partial charge in [-0.3, -0.25) is 9.35 Å². The molecule has 1 aromatic heterocycles. The maximum atomic E-state index is 11.7. The predicted molar refractivity (Wildman–Crippen MR) is 71.8 cm³/mol. The van der Waals surface area contributed by atoms with Gasteiger partial charge in [-0.15, -0.1) is 0 Å². The Bertz CT molecular complexity index is 859. The first kappa shape index (κ1) is 14.0. The summed E-state index contributed by atoms with van der Waals surface area (Å²) in [7, 11) is -4.27. The van der Waals surface area contributed by atoms with Gasteiger partial charge < -0.3 is 4.98 Å². The Morgan fingerprint density at radius 2 is 1.85 bits per heavy atom. The van der Waals surface area contributed by atoms with Crippen LogP contribution in [-0.4, -0.2) is 18.0 Å². The van der Waals surface area contributed by atoms with Crippen molar-refractivity contribution < 1.29 is 13.0 Å². The second-order valence-corrected chi connectivity index (χ2v) is 5.60. The van der Waals surface area contributed by atoms with Gasteiger partial charge in [0, 0.05) is 11.3 Å². The van der Waals surface area contributed by atoms with Gasteiger partial charge in [0.25, 0.3) is 15.7 Å². The molecule has 0 aliphatic rings. The third kappa shape index (κ3) is 2.61. The SMILES string of the molecule is Cc1cc(-c2ccc(S(=O)(=O)O)cc2)c(C#N)c(=O)[nH]1. The average molecular weight is 290 g/mol. The maximum Gasteiger partial charge on any atom is 0.294 e. The van der Waals surface area contributed by atoms with Gasteiger partial charge in [0.15, 0.2) is 0 Å². The minimum atomic E-state index is -4.27. The fourth-order valence-electron chi connectivity index (χ4n) is 1.83. The third-order valence-corrected chi connectivity index (χ3v) is 3.61. The van der Waals surface area contributed by atoms with Crippen LogP contribution in [0.3, 0.4) is 0 Å². The highest BCUT2D eigenvalue weighted by Gasteiger charge is 2.12. The standard InChI is InChI=1S/C13H10N2O4S/c1-8-6-11(12(7-14)13(16)15-8)9-2-4-10(5-3-9)20(17,18)19/h2-6H,1H3,(H,15,16)(H,17,18,19). The van der Waals surface area contributed by atoms with E-state index in [2.05, 4.69) is 4.98 Å². The zero-order valence-electron chi connectivity index (χ0n) is 10.4. The van der Waals surface area contributed by atoms with Crippen molar-refractivity contribution in [2.75, 3.05) is 0 Å². The molecule has 0 unspecified atom stereocenters. The van der Waals surface area contributed by atoms with Crippen molar-refractivity contribution in [3.05, 3.63) is 51.9 Å². The van der Waals surface area contributed by atoms with Gasteiger partial charge in [0.2, 0.25) is 0 Å². The van der Waals surface area contributed by atoms with E-state index in [1.165, 1.54) is 24.3 Å². The molecule has 0 spiro atoms. The molecule has 0 amide bonds. The normalized spacial score (nSPS) is 11.1. The molecule has 7 heteroatoms. The van der Waals surface area contributed by atoms with Crippen molar-refractivity contribution in [1.29, 1.82) is 5.26 Å². The molecule has 0 bridgehead atoms. The number of aryl methyl sites for hydroxylation is 1. The van der Waals surface area contributed by atoms with E-state index in [1.54, 1.807) is 13.0 Å². The molecule has 1 aromatic carbocycles. The summed E-state index contributed by atoms with van der Waals surface area (Å²) in [5.41, 5.74) is 0.971. The summed E-state index contributed by atoms with van der Waals surface area (Å²) in [6.07, 6.45) is 0. The fraction of sp³-hybridized carbons (Fsp3) is 0.0769. The van der Waals surface area contributed by atoms with Crippen LogP contribution in [0.2, 0.25) is 0 Å². The lowest BCUT2D eigenvalue weighted by molar-refractivity contribution is 0.483. The number of rotatable bonds is 2. The number of hydrogen-bond donors (Lipinski definition) is 2. The summed E-state index contributed by atoms with van der Waals surface area (Å²) in [5.74, 6) is 0. The van der Waals surface area contributed by atoms with Gasteiger partial charge in [-0.25, -0.2) is 0 Å². The fourth-order valence-corrected chi connectivity index (χ4v) is 2.31. The molecular weight excluding hydrogens is 280 g/mol. The molecule has 0 aliphatic carbocycles. The summed E-state index contributed by atoms with van der Waals surface area (Å²) in [4.78, 5) is 14.0. The van der Waals surface area contributed by atoms with Crippen LogP contribution in [0, 0.1) is 18.3 Å². The zero-order chi connectivity index (χ0) is 14.9. The summed E-state index contributed by atoms with van der Waals surface area (Å²) < 4.78 is 30.8. The van der Waals surface area contributed by atoms with Crippen LogP contribution in [0.25, 0.3) is 11.1 Å². The Hall–Kier alpha value is -2.43. The second kappa shape index (κ2) is 4.92. The Morgan fingerprint density at radius 3 is 2.35 bits per heavy atom. The molecule has 2 rings (SSSR count). The van der Waals surface area contributed by atoms with Crippen LogP contribution in [-0.2, 0) is 10.1 Å². The Morgan fingerprint density at radius 1 is 1.25 bits per heavy atom. The van der Waals surface area contributed by atoms with E-state index in [-0.39, 0.29) is 10.5 Å². The Labute approximate surface area is 115 Å². The summed E-state index contributed by atoms with van der Waals surface area (Å²) >= 11 is 0. The summed E-state index contributed by atoms with van der Waals surface area (Å²) in [6, 6.07) is 8.73. The molecule has 0 aliphatic heterocycles. The topological polar surface area (TPSA) is 111 Å². The lowest BCUT2D eigenvalue weighted by atomic mass is 10.0. The lowest BCUT2D eigenvalue weighted by Crippen LogP contribution is -2.12. The minimum absolute atomic E-state index is 0.0461. The Balaban J connectivity index is 2.64. The second-order valence-electron chi connectivity index (χ2n) is 4.18. The van der Waals surface area contributed by atoms with Crippen LogP contribution < -0.4 is 5.56 Å². The molecule has 2 N–H and O–H groups in total. The summed E-state index contributed by atoms with van der Waals surface area (Å²) in [6.45, 7) is 1.68. The van der Waals surface area contributed by atoms with Crippen LogP contribution in [0.1, 0.15) is 11.3 Å². The van der Waals surface area contributed by atoms with Crippen molar-refractivity contribution in [2.45, 2.75) is 11.8 Å². The lowest BCUT2D eigenvalue weighted by Gasteiger charge is -2.06. The molecule has 2 aromatic rings. The van der Waals surface area contributed by atoms with Crippen LogP contribution in [0.5, 0.6) is 0 Å². The zero-order valence-corrected chi connectivity index (χ0v) is 11.2. The average Bonchev–Trinajstić information content (AvgIpc) is 2.37. The first-order valence-corrected chi connectivity index (χ1v) is 6.99. The monoisotopic (exact) mass is 290 g/mol. The highest BCUT2D eigenvalue weighted by atomic mass is 32.2. The third-order valence-electron chi connectivity index (χ3n) is 2.74. The number of nitrogens with one attached hydrogen (secondary N) is 1. The van der Waals surface area contributed by atoms with Gasteiger partial charge >= 0.3 is 0 Å². The molecule has 0 radical (unpaired) electrons. The van der Waals surface area contributed by atoms with Crippen LogP contribution in [0.15, 0.2) is 40.0 Å². The van der Waals surface area contributed by atoms with E-state index < -0.39 is 15.7 Å². The van der Waals surface area contributed by atoms with Gasteiger partial charge in [0.05, 0.1) is 4.90 Å². The number of benzene rings is 1. The predicted octanol–water partition coefficient (Wildman–Crippen LogP) is 1.47. The molecule has 20 heavy (non-hydrogen) atoms. The van der Waals surface area contributed by atoms with E-state index in [1.807, 2.05) is 6.07 Å². The van der Waals surface area contributed by atoms with Gasteiger partial charge in [0.1, 0.15) is 11.6 Å². The van der Waals surface area contributed by atoms with E-state index in [0.29, 0.717) is 16.8 Å². The highest BCUT2D eigenvalue weighted by Crippen LogP contribution is 2.23. The summed E-state index contributed by atoms with van der Waals surface area (Å²) in [5, 5.41) is 9.03. The molecule has 102 valence electrons. The minimum Gasteiger partial charge on any atom is -0.325 e. The van der Waals surface area contributed by atoms with E-state index in [0.717, 1.165) is 0 Å². The number of aromatic nitrogens is 1. The molecule has 6 nitrogen and oxygen atoms in total. The number of pyridine rings is 1. The maximum absolute atomic E-state index is 11.7. The van der Waals surface area contributed by atoms with Crippen molar-refractivity contribution >= 4 is 10.1 Å². The molecule has 0 atom stereocenters. The van der Waals surface area contributed by atoms with Crippen molar-refractivity contribution in [1.82, 2.24) is 4.98 Å². The van der Waals surface area contributed by atoms with Crippen molar-refractivity contribution in [2.24, 2.45) is 0 Å². The van der Waals surface area contributed by atoms with Gasteiger partial charge in [-0.05, 0) is 30.7 Å². The molecule has 0 saturated heterocycles. The molecule has 0 fully saturated rings.